The van der Waals surface area contributed by atoms with Gasteiger partial charge in [-0.3, -0.25) is 4.98 Å². The standard InChI is InChI=1S/C19H20IN3O/c1-3-13-15(11-21-2)16(6-7-19(13)24)23-17-8-9-22-18-10-12(20)4-5-14(17)18/h4-10,21,24H,3,11H2,1-2H3,(H,22,23). The number of nitrogens with zero attached hydrogens (tertiary/aromatic N) is 1. The van der Waals surface area contributed by atoms with Gasteiger partial charge in [0.05, 0.1) is 5.52 Å². The van der Waals surface area contributed by atoms with Crippen molar-refractivity contribution in [2.75, 3.05) is 12.4 Å². The SMILES string of the molecule is CCc1c(O)ccc(Nc2ccnc3cc(I)ccc23)c1CNC. The molecule has 0 spiro atoms. The van der Waals surface area contributed by atoms with E-state index in [1.54, 1.807) is 6.07 Å². The van der Waals surface area contributed by atoms with Gasteiger partial charge in [0, 0.05) is 38.6 Å². The minimum absolute atomic E-state index is 0.349. The number of rotatable bonds is 5. The lowest BCUT2D eigenvalue weighted by Gasteiger charge is -2.18. The first-order valence-corrected chi connectivity index (χ1v) is 9.01. The normalized spacial score (nSPS) is 11.0. The van der Waals surface area contributed by atoms with Gasteiger partial charge in [-0.05, 0) is 78.0 Å². The summed E-state index contributed by atoms with van der Waals surface area (Å²) in [6.07, 6.45) is 2.60. The molecule has 24 heavy (non-hydrogen) atoms. The number of halogens is 1. The van der Waals surface area contributed by atoms with Crippen LogP contribution in [0, 0.1) is 3.57 Å². The van der Waals surface area contributed by atoms with E-state index in [0.717, 1.165) is 39.8 Å². The Balaban J connectivity index is 2.09. The third-order valence-corrected chi connectivity index (χ3v) is 4.76. The van der Waals surface area contributed by atoms with Gasteiger partial charge in [0.1, 0.15) is 5.75 Å². The first kappa shape index (κ1) is 17.0. The summed E-state index contributed by atoms with van der Waals surface area (Å²) in [5.74, 6) is 0.349. The maximum absolute atomic E-state index is 10.1. The van der Waals surface area contributed by atoms with Crippen molar-refractivity contribution in [1.29, 1.82) is 0 Å². The number of phenols is 1. The maximum atomic E-state index is 10.1. The number of aromatic hydroxyl groups is 1. The summed E-state index contributed by atoms with van der Waals surface area (Å²) in [6.45, 7) is 2.75. The van der Waals surface area contributed by atoms with E-state index in [4.69, 9.17) is 0 Å². The Hall–Kier alpha value is -1.86. The Labute approximate surface area is 155 Å². The lowest BCUT2D eigenvalue weighted by molar-refractivity contribution is 0.467. The Morgan fingerprint density at radius 3 is 2.67 bits per heavy atom. The molecule has 3 rings (SSSR count). The van der Waals surface area contributed by atoms with Crippen molar-refractivity contribution in [3.8, 4) is 5.75 Å². The van der Waals surface area contributed by atoms with Crippen LogP contribution in [0.25, 0.3) is 10.9 Å². The van der Waals surface area contributed by atoms with E-state index in [1.807, 2.05) is 25.4 Å². The molecule has 0 saturated carbocycles. The number of pyridine rings is 1. The minimum atomic E-state index is 0.349. The predicted molar refractivity (Wildman–Crippen MR) is 108 cm³/mol. The molecule has 2 aromatic carbocycles. The molecule has 3 aromatic rings. The van der Waals surface area contributed by atoms with Crippen LogP contribution in [-0.2, 0) is 13.0 Å². The zero-order valence-electron chi connectivity index (χ0n) is 13.7. The number of hydrogen-bond donors (Lipinski definition) is 3. The van der Waals surface area contributed by atoms with Crippen molar-refractivity contribution < 1.29 is 5.11 Å². The molecule has 0 bridgehead atoms. The first-order chi connectivity index (χ1) is 11.6. The van der Waals surface area contributed by atoms with Crippen LogP contribution in [0.4, 0.5) is 11.4 Å². The quantitative estimate of drug-likeness (QED) is 0.408. The van der Waals surface area contributed by atoms with Gasteiger partial charge < -0.3 is 15.7 Å². The highest BCUT2D eigenvalue weighted by Crippen LogP contribution is 2.33. The summed E-state index contributed by atoms with van der Waals surface area (Å²) in [6, 6.07) is 11.9. The third-order valence-electron chi connectivity index (χ3n) is 4.09. The van der Waals surface area contributed by atoms with E-state index in [2.05, 4.69) is 63.3 Å². The second-order valence-corrected chi connectivity index (χ2v) is 6.86. The largest absolute Gasteiger partial charge is 0.508 e. The molecule has 0 atom stereocenters. The van der Waals surface area contributed by atoms with Crippen molar-refractivity contribution >= 4 is 44.9 Å². The van der Waals surface area contributed by atoms with E-state index in [-0.39, 0.29) is 0 Å². The van der Waals surface area contributed by atoms with Gasteiger partial charge in [-0.1, -0.05) is 6.92 Å². The molecule has 0 aliphatic heterocycles. The average molecular weight is 433 g/mol. The van der Waals surface area contributed by atoms with Gasteiger partial charge in [0.2, 0.25) is 0 Å². The van der Waals surface area contributed by atoms with Crippen LogP contribution in [-0.4, -0.2) is 17.1 Å². The van der Waals surface area contributed by atoms with Crippen molar-refractivity contribution in [1.82, 2.24) is 10.3 Å². The van der Waals surface area contributed by atoms with Crippen LogP contribution >= 0.6 is 22.6 Å². The van der Waals surface area contributed by atoms with E-state index < -0.39 is 0 Å². The topological polar surface area (TPSA) is 57.2 Å². The van der Waals surface area contributed by atoms with Crippen molar-refractivity contribution in [3.05, 3.63) is 57.3 Å². The minimum Gasteiger partial charge on any atom is -0.508 e. The number of hydrogen-bond acceptors (Lipinski definition) is 4. The Morgan fingerprint density at radius 1 is 1.08 bits per heavy atom. The Kier molecular flexibility index (Phi) is 5.20. The third kappa shape index (κ3) is 3.32. The monoisotopic (exact) mass is 433 g/mol. The summed E-state index contributed by atoms with van der Waals surface area (Å²) >= 11 is 2.30. The molecule has 124 valence electrons. The van der Waals surface area contributed by atoms with Gasteiger partial charge in [0.25, 0.3) is 0 Å². The smallest absolute Gasteiger partial charge is 0.119 e. The number of benzene rings is 2. The van der Waals surface area contributed by atoms with E-state index in [9.17, 15) is 5.11 Å². The van der Waals surface area contributed by atoms with Crippen LogP contribution in [0.3, 0.4) is 0 Å². The molecule has 0 aliphatic rings. The molecule has 0 saturated heterocycles. The number of phenolic OH excluding ortho intramolecular Hbond substituents is 1. The zero-order valence-corrected chi connectivity index (χ0v) is 15.9. The number of fused-ring (bicyclic) bond motifs is 1. The second-order valence-electron chi connectivity index (χ2n) is 5.62. The molecular formula is C19H20IN3O. The highest BCUT2D eigenvalue weighted by atomic mass is 127. The molecule has 3 N–H and O–H groups in total. The first-order valence-electron chi connectivity index (χ1n) is 7.93. The summed E-state index contributed by atoms with van der Waals surface area (Å²) in [5, 5.41) is 17.9. The van der Waals surface area contributed by atoms with Crippen LogP contribution in [0.1, 0.15) is 18.1 Å². The molecule has 4 nitrogen and oxygen atoms in total. The van der Waals surface area contributed by atoms with Gasteiger partial charge in [0.15, 0.2) is 0 Å². The molecule has 0 fully saturated rings. The Bertz CT molecular complexity index is 880. The highest BCUT2D eigenvalue weighted by Gasteiger charge is 2.12. The average Bonchev–Trinajstić information content (AvgIpc) is 2.57. The fourth-order valence-corrected chi connectivity index (χ4v) is 3.42. The van der Waals surface area contributed by atoms with Gasteiger partial charge in [-0.15, -0.1) is 0 Å². The number of nitrogens with one attached hydrogen (secondary N) is 2. The van der Waals surface area contributed by atoms with Crippen LogP contribution < -0.4 is 10.6 Å². The van der Waals surface area contributed by atoms with Crippen molar-refractivity contribution in [2.45, 2.75) is 19.9 Å². The van der Waals surface area contributed by atoms with E-state index >= 15 is 0 Å². The summed E-state index contributed by atoms with van der Waals surface area (Å²) < 4.78 is 1.17. The lowest BCUT2D eigenvalue weighted by atomic mass is 10.0. The highest BCUT2D eigenvalue weighted by molar-refractivity contribution is 14.1. The van der Waals surface area contributed by atoms with Crippen LogP contribution in [0.2, 0.25) is 0 Å². The van der Waals surface area contributed by atoms with Crippen LogP contribution in [0.5, 0.6) is 5.75 Å². The molecule has 5 heteroatoms. The molecule has 0 unspecified atom stereocenters. The van der Waals surface area contributed by atoms with E-state index in [1.165, 1.54) is 3.57 Å². The second kappa shape index (κ2) is 7.36. The Morgan fingerprint density at radius 2 is 1.92 bits per heavy atom. The van der Waals surface area contributed by atoms with Crippen LogP contribution in [0.15, 0.2) is 42.6 Å². The van der Waals surface area contributed by atoms with E-state index in [0.29, 0.717) is 12.3 Å². The fraction of sp³-hybridized carbons (Fsp3) is 0.211. The molecular weight excluding hydrogens is 413 g/mol. The number of aromatic nitrogens is 1. The maximum Gasteiger partial charge on any atom is 0.119 e. The summed E-state index contributed by atoms with van der Waals surface area (Å²) in [7, 11) is 1.91. The molecule has 0 radical (unpaired) electrons. The fourth-order valence-electron chi connectivity index (χ4n) is 2.95. The predicted octanol–water partition coefficient (Wildman–Crippen LogP) is 4.57. The molecule has 1 heterocycles. The molecule has 1 aromatic heterocycles. The molecule has 0 amide bonds. The zero-order chi connectivity index (χ0) is 17.1. The van der Waals surface area contributed by atoms with Gasteiger partial charge >= 0.3 is 0 Å². The van der Waals surface area contributed by atoms with Crippen molar-refractivity contribution in [3.63, 3.8) is 0 Å². The summed E-state index contributed by atoms with van der Waals surface area (Å²) in [5.41, 5.74) is 5.06. The summed E-state index contributed by atoms with van der Waals surface area (Å²) in [4.78, 5) is 4.45. The van der Waals surface area contributed by atoms with Crippen molar-refractivity contribution in [2.24, 2.45) is 0 Å². The van der Waals surface area contributed by atoms with Gasteiger partial charge in [-0.25, -0.2) is 0 Å². The van der Waals surface area contributed by atoms with Gasteiger partial charge in [-0.2, -0.15) is 0 Å². The number of anilines is 2. The molecule has 0 aliphatic carbocycles. The lowest BCUT2D eigenvalue weighted by Crippen LogP contribution is -2.10.